The van der Waals surface area contributed by atoms with Gasteiger partial charge in [0, 0.05) is 49.5 Å². The van der Waals surface area contributed by atoms with Gasteiger partial charge in [0.05, 0.1) is 30.0 Å². The first-order valence-electron chi connectivity index (χ1n) is 16.3. The van der Waals surface area contributed by atoms with Crippen LogP contribution >= 0.6 is 0 Å². The highest BCUT2D eigenvalue weighted by atomic mass is 19.4. The van der Waals surface area contributed by atoms with Crippen molar-refractivity contribution in [2.75, 3.05) is 31.1 Å². The summed E-state index contributed by atoms with van der Waals surface area (Å²) in [6, 6.07) is 16.5. The summed E-state index contributed by atoms with van der Waals surface area (Å²) in [5.41, 5.74) is 0.308. The van der Waals surface area contributed by atoms with Crippen LogP contribution in [0.2, 0.25) is 0 Å². The van der Waals surface area contributed by atoms with Gasteiger partial charge in [0.1, 0.15) is 17.7 Å². The van der Waals surface area contributed by atoms with E-state index in [4.69, 9.17) is 5.10 Å². The summed E-state index contributed by atoms with van der Waals surface area (Å²) in [6.45, 7) is 1.51. The fourth-order valence-electron chi connectivity index (χ4n) is 6.57. The number of hydrogen-bond acceptors (Lipinski definition) is 5. The van der Waals surface area contributed by atoms with Crippen molar-refractivity contribution in [1.82, 2.24) is 25.3 Å². The molecule has 9 nitrogen and oxygen atoms in total. The molecule has 4 aromatic rings. The van der Waals surface area contributed by atoms with Crippen LogP contribution in [0.4, 0.5) is 32.2 Å². The number of rotatable bonds is 10. The molecule has 2 aliphatic heterocycles. The molecule has 51 heavy (non-hydrogen) atoms. The van der Waals surface area contributed by atoms with Crippen LogP contribution in [-0.4, -0.2) is 70.5 Å². The minimum atomic E-state index is -4.72. The predicted octanol–water partition coefficient (Wildman–Crippen LogP) is 5.67. The van der Waals surface area contributed by atoms with E-state index < -0.39 is 59.7 Å². The molecule has 0 radical (unpaired) electrons. The molecule has 3 heterocycles. The fourth-order valence-corrected chi connectivity index (χ4v) is 6.57. The largest absolute Gasteiger partial charge is 0.416 e. The van der Waals surface area contributed by atoms with Crippen LogP contribution in [0.1, 0.15) is 58.4 Å². The maximum Gasteiger partial charge on any atom is 0.416 e. The Morgan fingerprint density at radius 1 is 1.00 bits per heavy atom. The lowest BCUT2D eigenvalue weighted by Crippen LogP contribution is -2.55. The van der Waals surface area contributed by atoms with E-state index in [0.29, 0.717) is 34.4 Å². The molecule has 1 fully saturated rings. The van der Waals surface area contributed by atoms with Crippen molar-refractivity contribution in [2.24, 2.45) is 0 Å². The van der Waals surface area contributed by atoms with Crippen molar-refractivity contribution < 1.29 is 40.7 Å². The van der Waals surface area contributed by atoms with Crippen LogP contribution in [0, 0.1) is 5.82 Å². The van der Waals surface area contributed by atoms with Gasteiger partial charge in [-0.15, -0.1) is 0 Å². The number of anilines is 1. The van der Waals surface area contributed by atoms with E-state index in [0.717, 1.165) is 12.1 Å². The molecular weight excluding hydrogens is 678 g/mol. The third-order valence-electron chi connectivity index (χ3n) is 9.05. The molecule has 3 amide bonds. The van der Waals surface area contributed by atoms with Gasteiger partial charge in [-0.2, -0.15) is 18.3 Å². The number of benzene rings is 3. The van der Waals surface area contributed by atoms with E-state index in [-0.39, 0.29) is 44.6 Å². The number of fused-ring (bicyclic) bond motifs is 1. The monoisotopic (exact) mass is 712 g/mol. The van der Waals surface area contributed by atoms with Gasteiger partial charge in [0.2, 0.25) is 5.91 Å². The molecule has 2 aliphatic rings. The summed E-state index contributed by atoms with van der Waals surface area (Å²) in [5, 5.41) is 10.3. The zero-order chi connectivity index (χ0) is 36.5. The topological polar surface area (TPSA) is 99.6 Å². The maximum absolute atomic E-state index is 14.4. The second kappa shape index (κ2) is 14.2. The van der Waals surface area contributed by atoms with Gasteiger partial charge in [0.25, 0.3) is 17.7 Å². The van der Waals surface area contributed by atoms with Crippen molar-refractivity contribution in [3.63, 3.8) is 0 Å². The smallest absolute Gasteiger partial charge is 0.350 e. The summed E-state index contributed by atoms with van der Waals surface area (Å²) in [5.74, 6) is -6.02. The third-order valence-corrected chi connectivity index (χ3v) is 9.05. The average Bonchev–Trinajstić information content (AvgIpc) is 3.66. The van der Waals surface area contributed by atoms with Crippen LogP contribution in [0.25, 0.3) is 5.69 Å². The third kappa shape index (κ3) is 7.62. The summed E-state index contributed by atoms with van der Waals surface area (Å²) >= 11 is 0. The number of likely N-dealkylation sites (tertiary alicyclic amines) is 1. The molecule has 15 heteroatoms. The lowest BCUT2D eigenvalue weighted by Gasteiger charge is -2.38. The van der Waals surface area contributed by atoms with E-state index in [1.54, 1.807) is 37.3 Å². The molecule has 2 atom stereocenters. The number of para-hydroxylation sites is 1. The first kappa shape index (κ1) is 35.6. The van der Waals surface area contributed by atoms with E-state index in [1.165, 1.54) is 44.8 Å². The number of likely N-dealkylation sites (N-methyl/N-ethyl adjacent to an activating group) is 1. The molecule has 0 saturated carbocycles. The van der Waals surface area contributed by atoms with Crippen molar-refractivity contribution in [3.8, 4) is 5.69 Å². The number of amides is 3. The predicted molar refractivity (Wildman–Crippen MR) is 175 cm³/mol. The van der Waals surface area contributed by atoms with Crippen LogP contribution in [0.5, 0.6) is 0 Å². The number of carbonyl (C=O) groups is 3. The Morgan fingerprint density at radius 2 is 1.73 bits per heavy atom. The molecule has 0 unspecified atom stereocenters. The molecule has 0 bridgehead atoms. The standard InChI is InChI=1S/C36H34F6N6O3/c1-2-47-33-30(27(45-48(33)26-9-4-3-5-10-26)20-43-28(49)15-17-46-18-16-35(38,39)21-46)29(22-11-13-25(37)14-12-22)31(34(47)51)44-32(50)23-7-6-8-24(19-23)36(40,41)42/h3-14,19,29,31H,2,15-18,20-21H2,1H3,(H,43,49)(H,44,50)/t29-,31-/m0/s1. The Kier molecular flexibility index (Phi) is 9.93. The highest BCUT2D eigenvalue weighted by Crippen LogP contribution is 2.44. The lowest BCUT2D eigenvalue weighted by molar-refractivity contribution is -0.137. The highest BCUT2D eigenvalue weighted by molar-refractivity contribution is 6.05. The molecular formula is C36H34F6N6O3. The fraction of sp³-hybridized carbons (Fsp3) is 0.333. The Balaban J connectivity index is 1.41. The molecule has 1 aromatic heterocycles. The van der Waals surface area contributed by atoms with E-state index in [2.05, 4.69) is 10.6 Å². The summed E-state index contributed by atoms with van der Waals surface area (Å²) in [7, 11) is 0. The van der Waals surface area contributed by atoms with Gasteiger partial charge >= 0.3 is 6.18 Å². The van der Waals surface area contributed by atoms with Crippen LogP contribution < -0.4 is 15.5 Å². The van der Waals surface area contributed by atoms with E-state index in [9.17, 15) is 40.7 Å². The zero-order valence-electron chi connectivity index (χ0n) is 27.4. The molecule has 3 aromatic carbocycles. The van der Waals surface area contributed by atoms with Gasteiger partial charge in [-0.1, -0.05) is 36.4 Å². The first-order chi connectivity index (χ1) is 24.3. The molecule has 0 aliphatic carbocycles. The second-order valence-corrected chi connectivity index (χ2v) is 12.5. The van der Waals surface area contributed by atoms with Crippen molar-refractivity contribution in [3.05, 3.63) is 113 Å². The van der Waals surface area contributed by atoms with Crippen molar-refractivity contribution >= 4 is 23.5 Å². The maximum atomic E-state index is 14.4. The van der Waals surface area contributed by atoms with Crippen molar-refractivity contribution in [1.29, 1.82) is 0 Å². The summed E-state index contributed by atoms with van der Waals surface area (Å²) < 4.78 is 83.6. The van der Waals surface area contributed by atoms with Crippen LogP contribution in [0.3, 0.4) is 0 Å². The molecule has 268 valence electrons. The van der Waals surface area contributed by atoms with Crippen LogP contribution in [0.15, 0.2) is 78.9 Å². The molecule has 2 N–H and O–H groups in total. The van der Waals surface area contributed by atoms with Gasteiger partial charge in [-0.25, -0.2) is 17.9 Å². The number of nitrogens with one attached hydrogen (secondary N) is 2. The molecule has 0 spiro atoms. The van der Waals surface area contributed by atoms with Gasteiger partial charge in [-0.3, -0.25) is 24.2 Å². The van der Waals surface area contributed by atoms with Crippen LogP contribution in [-0.2, 0) is 22.3 Å². The minimum absolute atomic E-state index is 0.0612. The number of halogens is 6. The lowest BCUT2D eigenvalue weighted by atomic mass is 9.80. The zero-order valence-corrected chi connectivity index (χ0v) is 27.4. The minimum Gasteiger partial charge on any atom is -0.350 e. The highest BCUT2D eigenvalue weighted by Gasteiger charge is 2.46. The molecule has 6 rings (SSSR count). The number of nitrogens with zero attached hydrogens (tertiary/aromatic N) is 4. The number of hydrogen-bond donors (Lipinski definition) is 2. The van der Waals surface area contributed by atoms with E-state index in [1.807, 2.05) is 0 Å². The number of carbonyl (C=O) groups excluding carboxylic acids is 3. The van der Waals surface area contributed by atoms with E-state index >= 15 is 0 Å². The second-order valence-electron chi connectivity index (χ2n) is 12.5. The SMILES string of the molecule is CCN1C(=O)[C@@H](NC(=O)c2cccc(C(F)(F)F)c2)[C@@H](c2ccc(F)cc2)c2c(CNC(=O)CCN3CCC(F)(F)C3)nn(-c3ccccc3)c21. The Bertz CT molecular complexity index is 1910. The summed E-state index contributed by atoms with van der Waals surface area (Å²) in [4.78, 5) is 43.9. The normalized spacial score (nSPS) is 18.8. The van der Waals surface area contributed by atoms with Crippen molar-refractivity contribution in [2.45, 2.75) is 50.4 Å². The molecule has 1 saturated heterocycles. The summed E-state index contributed by atoms with van der Waals surface area (Å²) in [6.07, 6.45) is -5.05. The van der Waals surface area contributed by atoms with Gasteiger partial charge in [0.15, 0.2) is 0 Å². The average molecular weight is 713 g/mol. The number of aromatic nitrogens is 2. The first-order valence-corrected chi connectivity index (χ1v) is 16.3. The Hall–Kier alpha value is -5.18. The number of alkyl halides is 5. The van der Waals surface area contributed by atoms with Gasteiger partial charge in [-0.05, 0) is 55.0 Å². The quantitative estimate of drug-likeness (QED) is 0.207. The Morgan fingerprint density at radius 3 is 2.37 bits per heavy atom. The Labute approximate surface area is 289 Å². The van der Waals surface area contributed by atoms with Gasteiger partial charge < -0.3 is 10.6 Å².